The Morgan fingerprint density at radius 2 is 0.821 bits per heavy atom. The van der Waals surface area contributed by atoms with E-state index >= 15 is 0 Å². The molecular formula is C28H28N2O6S3. The van der Waals surface area contributed by atoms with Crippen molar-refractivity contribution in [3.05, 3.63) is 108 Å². The standard InChI is InChI=1S/C28H28N2O6S3/c1-3-21-11-15-23(16-12-21)29-38(33,34)27-9-5-7-25(19-27)37(31,32)26-8-6-10-28(20-26)39(35,36)30-24-17-13-22(4-2)14-18-24/h5-20,29-30H,3-4H2,1-2H3. The van der Waals surface area contributed by atoms with E-state index in [9.17, 15) is 25.3 Å². The molecule has 39 heavy (non-hydrogen) atoms. The fourth-order valence-electron chi connectivity index (χ4n) is 3.80. The molecule has 0 saturated heterocycles. The molecule has 4 rings (SSSR count). The molecule has 0 aliphatic heterocycles. The second-order valence-electron chi connectivity index (χ2n) is 8.77. The van der Waals surface area contributed by atoms with E-state index in [1.165, 1.54) is 36.4 Å². The van der Waals surface area contributed by atoms with Gasteiger partial charge in [0.1, 0.15) is 0 Å². The van der Waals surface area contributed by atoms with Crippen molar-refractivity contribution in [1.29, 1.82) is 0 Å². The maximum absolute atomic E-state index is 13.4. The number of hydrogen-bond acceptors (Lipinski definition) is 6. The molecule has 4 aromatic rings. The zero-order valence-electron chi connectivity index (χ0n) is 21.3. The van der Waals surface area contributed by atoms with E-state index in [0.717, 1.165) is 36.1 Å². The highest BCUT2D eigenvalue weighted by Crippen LogP contribution is 2.27. The van der Waals surface area contributed by atoms with Crippen LogP contribution < -0.4 is 9.44 Å². The number of anilines is 2. The van der Waals surface area contributed by atoms with Crippen molar-refractivity contribution in [3.63, 3.8) is 0 Å². The molecular weight excluding hydrogens is 557 g/mol. The summed E-state index contributed by atoms with van der Waals surface area (Å²) in [5.74, 6) is 0. The number of rotatable bonds is 10. The van der Waals surface area contributed by atoms with Crippen LogP contribution in [0.5, 0.6) is 0 Å². The van der Waals surface area contributed by atoms with E-state index in [1.807, 2.05) is 13.8 Å². The lowest BCUT2D eigenvalue weighted by Crippen LogP contribution is -2.15. The summed E-state index contributed by atoms with van der Waals surface area (Å²) in [5, 5.41) is 0. The maximum atomic E-state index is 13.4. The van der Waals surface area contributed by atoms with E-state index in [1.54, 1.807) is 48.5 Å². The van der Waals surface area contributed by atoms with Crippen LogP contribution >= 0.6 is 0 Å². The van der Waals surface area contributed by atoms with E-state index in [0.29, 0.717) is 11.4 Å². The first-order chi connectivity index (χ1) is 18.4. The second kappa shape index (κ2) is 11.2. The smallest absolute Gasteiger partial charge is 0.261 e. The van der Waals surface area contributed by atoms with Gasteiger partial charge in [-0.15, -0.1) is 0 Å². The van der Waals surface area contributed by atoms with Crippen molar-refractivity contribution >= 4 is 41.3 Å². The van der Waals surface area contributed by atoms with E-state index < -0.39 is 29.9 Å². The molecule has 0 fully saturated rings. The molecule has 0 aliphatic carbocycles. The third kappa shape index (κ3) is 6.49. The van der Waals surface area contributed by atoms with Gasteiger partial charge in [0, 0.05) is 11.4 Å². The molecule has 0 aliphatic rings. The van der Waals surface area contributed by atoms with Crippen LogP contribution in [0.2, 0.25) is 0 Å². The summed E-state index contributed by atoms with van der Waals surface area (Å²) in [6, 6.07) is 23.6. The first-order valence-corrected chi connectivity index (χ1v) is 16.6. The molecule has 0 bridgehead atoms. The van der Waals surface area contributed by atoms with Crippen molar-refractivity contribution in [2.75, 3.05) is 9.44 Å². The Kier molecular flexibility index (Phi) is 8.15. The van der Waals surface area contributed by atoms with E-state index in [-0.39, 0.29) is 19.6 Å². The molecule has 204 valence electrons. The van der Waals surface area contributed by atoms with Gasteiger partial charge in [-0.3, -0.25) is 9.44 Å². The number of aryl methyl sites for hydroxylation is 2. The van der Waals surface area contributed by atoms with Gasteiger partial charge in [-0.05, 0) is 84.6 Å². The average molecular weight is 585 g/mol. The monoisotopic (exact) mass is 584 g/mol. The first-order valence-electron chi connectivity index (χ1n) is 12.1. The van der Waals surface area contributed by atoms with Gasteiger partial charge in [-0.2, -0.15) is 0 Å². The van der Waals surface area contributed by atoms with Crippen LogP contribution in [0.3, 0.4) is 0 Å². The number of sulfone groups is 1. The molecule has 8 nitrogen and oxygen atoms in total. The van der Waals surface area contributed by atoms with Gasteiger partial charge in [-0.25, -0.2) is 25.3 Å². The lowest BCUT2D eigenvalue weighted by Gasteiger charge is -2.12. The molecule has 0 heterocycles. The predicted molar refractivity (Wildman–Crippen MR) is 152 cm³/mol. The fourth-order valence-corrected chi connectivity index (χ4v) is 7.51. The molecule has 0 radical (unpaired) electrons. The molecule has 0 unspecified atom stereocenters. The van der Waals surface area contributed by atoms with Crippen LogP contribution in [0.1, 0.15) is 25.0 Å². The number of benzene rings is 4. The minimum Gasteiger partial charge on any atom is -0.280 e. The van der Waals surface area contributed by atoms with Crippen LogP contribution in [-0.2, 0) is 42.7 Å². The van der Waals surface area contributed by atoms with Gasteiger partial charge < -0.3 is 0 Å². The molecule has 0 amide bonds. The van der Waals surface area contributed by atoms with Crippen molar-refractivity contribution in [2.45, 2.75) is 46.3 Å². The Balaban J connectivity index is 1.62. The average Bonchev–Trinajstić information content (AvgIpc) is 2.93. The Morgan fingerprint density at radius 3 is 1.15 bits per heavy atom. The zero-order valence-corrected chi connectivity index (χ0v) is 23.8. The number of nitrogens with one attached hydrogen (secondary N) is 2. The topological polar surface area (TPSA) is 126 Å². The van der Waals surface area contributed by atoms with Gasteiger partial charge >= 0.3 is 0 Å². The van der Waals surface area contributed by atoms with Crippen LogP contribution in [0.4, 0.5) is 11.4 Å². The highest BCUT2D eigenvalue weighted by Gasteiger charge is 2.24. The summed E-state index contributed by atoms with van der Waals surface area (Å²) in [5.41, 5.74) is 2.77. The first kappa shape index (κ1) is 28.3. The Hall–Kier alpha value is -3.67. The maximum Gasteiger partial charge on any atom is 0.261 e. The van der Waals surface area contributed by atoms with E-state index in [2.05, 4.69) is 9.44 Å². The fraction of sp³-hybridized carbons (Fsp3) is 0.143. The van der Waals surface area contributed by atoms with Crippen molar-refractivity contribution in [2.24, 2.45) is 0 Å². The number of hydrogen-bond donors (Lipinski definition) is 2. The minimum absolute atomic E-state index is 0.246. The molecule has 0 saturated carbocycles. The van der Waals surface area contributed by atoms with Crippen molar-refractivity contribution < 1.29 is 25.3 Å². The Labute approximate surface area is 229 Å². The van der Waals surface area contributed by atoms with Gasteiger partial charge in [0.25, 0.3) is 20.0 Å². The van der Waals surface area contributed by atoms with E-state index in [4.69, 9.17) is 0 Å². The Morgan fingerprint density at radius 1 is 0.487 bits per heavy atom. The largest absolute Gasteiger partial charge is 0.280 e. The van der Waals surface area contributed by atoms with Crippen molar-refractivity contribution in [3.8, 4) is 0 Å². The molecule has 11 heteroatoms. The van der Waals surface area contributed by atoms with Crippen LogP contribution in [0, 0.1) is 0 Å². The molecule has 0 aromatic heterocycles. The summed E-state index contributed by atoms with van der Waals surface area (Å²) in [6.07, 6.45) is 1.61. The predicted octanol–water partition coefficient (Wildman–Crippen LogP) is 5.25. The summed E-state index contributed by atoms with van der Waals surface area (Å²) in [6.45, 7) is 3.97. The van der Waals surface area contributed by atoms with Gasteiger partial charge in [0.05, 0.1) is 19.6 Å². The quantitative estimate of drug-likeness (QED) is 0.262. The van der Waals surface area contributed by atoms with Gasteiger partial charge in [0.15, 0.2) is 0 Å². The summed E-state index contributed by atoms with van der Waals surface area (Å²) in [7, 11) is -12.4. The molecule has 0 atom stereocenters. The lowest BCUT2D eigenvalue weighted by molar-refractivity contribution is 0.595. The summed E-state index contributed by atoms with van der Waals surface area (Å²) >= 11 is 0. The molecule has 2 N–H and O–H groups in total. The molecule has 0 spiro atoms. The van der Waals surface area contributed by atoms with Crippen molar-refractivity contribution in [1.82, 2.24) is 0 Å². The second-order valence-corrected chi connectivity index (χ2v) is 14.1. The SMILES string of the molecule is CCc1ccc(NS(=O)(=O)c2cccc(S(=O)(=O)c3cccc(S(=O)(=O)Nc4ccc(CC)cc4)c3)c2)cc1. The highest BCUT2D eigenvalue weighted by molar-refractivity contribution is 7.93. The van der Waals surface area contributed by atoms with Crippen LogP contribution in [0.25, 0.3) is 0 Å². The number of sulfonamides is 2. The highest BCUT2D eigenvalue weighted by atomic mass is 32.2. The summed E-state index contributed by atoms with van der Waals surface area (Å²) < 4.78 is 83.7. The molecule has 4 aromatic carbocycles. The minimum atomic E-state index is -4.25. The Bertz CT molecular complexity index is 1670. The van der Waals surface area contributed by atoms with Gasteiger partial charge in [0.2, 0.25) is 9.84 Å². The van der Waals surface area contributed by atoms with Crippen LogP contribution in [-0.4, -0.2) is 25.3 Å². The lowest BCUT2D eigenvalue weighted by atomic mass is 10.2. The van der Waals surface area contributed by atoms with Crippen LogP contribution in [0.15, 0.2) is 117 Å². The van der Waals surface area contributed by atoms with Gasteiger partial charge in [-0.1, -0.05) is 50.2 Å². The summed E-state index contributed by atoms with van der Waals surface area (Å²) in [4.78, 5) is -1.07. The third-order valence-electron chi connectivity index (χ3n) is 6.08. The third-order valence-corrected chi connectivity index (χ3v) is 10.6. The zero-order chi connectivity index (χ0) is 28.3. The normalized spacial score (nSPS) is 12.2.